The quantitative estimate of drug-likeness (QED) is 0.178. The molecule has 29 heavy (non-hydrogen) atoms. The average molecular weight is 391 g/mol. The molecule has 7 heteroatoms. The van der Waals surface area contributed by atoms with Crippen LogP contribution in [-0.2, 0) is 13.0 Å². The minimum absolute atomic E-state index is 0.0789. The first kappa shape index (κ1) is 20.1. The zero-order valence-electron chi connectivity index (χ0n) is 16.4. The number of aromatic amines is 1. The number of hydrogen-bond acceptors (Lipinski definition) is 3. The number of nitro benzene ring substituents is 1. The summed E-state index contributed by atoms with van der Waals surface area (Å²) in [5.41, 5.74) is 4.38. The van der Waals surface area contributed by atoms with Gasteiger partial charge < -0.3 is 15.6 Å². The highest BCUT2D eigenvalue weighted by atomic mass is 16.6. The van der Waals surface area contributed by atoms with E-state index in [1.807, 2.05) is 25.3 Å². The molecule has 0 radical (unpaired) electrons. The van der Waals surface area contributed by atoms with Gasteiger partial charge in [0.25, 0.3) is 5.69 Å². The van der Waals surface area contributed by atoms with Gasteiger partial charge in [0.05, 0.1) is 11.5 Å². The van der Waals surface area contributed by atoms with E-state index in [4.69, 9.17) is 0 Å². The van der Waals surface area contributed by atoms with E-state index >= 15 is 0 Å². The number of benzene rings is 2. The average Bonchev–Trinajstić information content (AvgIpc) is 3.13. The van der Waals surface area contributed by atoms with Crippen molar-refractivity contribution in [1.29, 1.82) is 0 Å². The Hall–Kier alpha value is -3.61. The summed E-state index contributed by atoms with van der Waals surface area (Å²) in [6.07, 6.45) is 2.90. The fraction of sp³-hybridized carbons (Fsp3) is 0.227. The molecule has 1 heterocycles. The van der Waals surface area contributed by atoms with Crippen molar-refractivity contribution < 1.29 is 4.92 Å². The maximum absolute atomic E-state index is 10.8. The van der Waals surface area contributed by atoms with E-state index in [0.29, 0.717) is 19.0 Å². The SMILES string of the molecule is C=C(C)CNC(=NCc1ccc([N+](=O)[O-])cc1)NCCc1c[nH]c2ccccc12. The summed E-state index contributed by atoms with van der Waals surface area (Å²) in [6.45, 7) is 7.64. The van der Waals surface area contributed by atoms with Crippen LogP contribution in [0.3, 0.4) is 0 Å². The molecule has 0 bridgehead atoms. The molecule has 3 rings (SSSR count). The number of nitrogens with one attached hydrogen (secondary N) is 3. The highest BCUT2D eigenvalue weighted by Crippen LogP contribution is 2.17. The maximum Gasteiger partial charge on any atom is 0.269 e. The molecule has 1 aromatic heterocycles. The number of H-pyrrole nitrogens is 1. The number of non-ortho nitro benzene ring substituents is 1. The van der Waals surface area contributed by atoms with E-state index in [0.717, 1.165) is 29.6 Å². The van der Waals surface area contributed by atoms with E-state index in [-0.39, 0.29) is 5.69 Å². The van der Waals surface area contributed by atoms with Crippen LogP contribution >= 0.6 is 0 Å². The van der Waals surface area contributed by atoms with Crippen molar-refractivity contribution in [2.45, 2.75) is 19.9 Å². The summed E-state index contributed by atoms with van der Waals surface area (Å²) in [7, 11) is 0. The fourth-order valence-corrected chi connectivity index (χ4v) is 2.96. The lowest BCUT2D eigenvalue weighted by atomic mass is 10.1. The minimum Gasteiger partial charge on any atom is -0.361 e. The Morgan fingerprint density at radius 1 is 1.17 bits per heavy atom. The molecule has 0 unspecified atom stereocenters. The Bertz CT molecular complexity index is 1020. The lowest BCUT2D eigenvalue weighted by Crippen LogP contribution is -2.39. The third-order valence-electron chi connectivity index (χ3n) is 4.49. The Labute approximate surface area is 169 Å². The first-order valence-corrected chi connectivity index (χ1v) is 9.48. The van der Waals surface area contributed by atoms with Gasteiger partial charge in [0, 0.05) is 42.3 Å². The Kier molecular flexibility index (Phi) is 6.63. The van der Waals surface area contributed by atoms with E-state index in [1.54, 1.807) is 12.1 Å². The van der Waals surface area contributed by atoms with Crippen LogP contribution in [0.2, 0.25) is 0 Å². The fourth-order valence-electron chi connectivity index (χ4n) is 2.96. The van der Waals surface area contributed by atoms with E-state index < -0.39 is 4.92 Å². The van der Waals surface area contributed by atoms with Gasteiger partial charge in [-0.1, -0.05) is 42.5 Å². The first-order valence-electron chi connectivity index (χ1n) is 9.48. The van der Waals surface area contributed by atoms with Crippen LogP contribution in [0.1, 0.15) is 18.1 Å². The van der Waals surface area contributed by atoms with Crippen LogP contribution < -0.4 is 10.6 Å². The van der Waals surface area contributed by atoms with E-state index in [2.05, 4.69) is 39.3 Å². The molecule has 0 aliphatic rings. The number of nitrogens with zero attached hydrogens (tertiary/aromatic N) is 2. The number of rotatable bonds is 8. The second-order valence-electron chi connectivity index (χ2n) is 6.94. The zero-order valence-corrected chi connectivity index (χ0v) is 16.4. The summed E-state index contributed by atoms with van der Waals surface area (Å²) in [4.78, 5) is 18.3. The molecule has 0 saturated carbocycles. The summed E-state index contributed by atoms with van der Waals surface area (Å²) >= 11 is 0. The lowest BCUT2D eigenvalue weighted by Gasteiger charge is -2.12. The van der Waals surface area contributed by atoms with Crippen LogP contribution in [0, 0.1) is 10.1 Å². The summed E-state index contributed by atoms with van der Waals surface area (Å²) in [6, 6.07) is 14.7. The van der Waals surface area contributed by atoms with Gasteiger partial charge in [0.15, 0.2) is 5.96 Å². The number of aliphatic imine (C=N–C) groups is 1. The molecule has 0 spiro atoms. The third-order valence-corrected chi connectivity index (χ3v) is 4.49. The van der Waals surface area contributed by atoms with Gasteiger partial charge in [-0.2, -0.15) is 0 Å². The van der Waals surface area contributed by atoms with E-state index in [9.17, 15) is 10.1 Å². The van der Waals surface area contributed by atoms with Crippen molar-refractivity contribution in [3.05, 3.63) is 88.1 Å². The van der Waals surface area contributed by atoms with Crippen LogP contribution in [-0.4, -0.2) is 29.0 Å². The highest BCUT2D eigenvalue weighted by Gasteiger charge is 2.06. The molecule has 3 aromatic rings. The summed E-state index contributed by atoms with van der Waals surface area (Å²) in [5.74, 6) is 0.686. The molecule has 0 aliphatic carbocycles. The van der Waals surface area contributed by atoms with Crippen LogP contribution in [0.4, 0.5) is 5.69 Å². The van der Waals surface area contributed by atoms with Crippen LogP contribution in [0.25, 0.3) is 10.9 Å². The number of nitro groups is 1. The van der Waals surface area contributed by atoms with Gasteiger partial charge in [0.1, 0.15) is 0 Å². The predicted octanol–water partition coefficient (Wildman–Crippen LogP) is 3.93. The van der Waals surface area contributed by atoms with Crippen molar-refractivity contribution in [3.63, 3.8) is 0 Å². The van der Waals surface area contributed by atoms with Crippen LogP contribution in [0.15, 0.2) is 71.9 Å². The van der Waals surface area contributed by atoms with Gasteiger partial charge >= 0.3 is 0 Å². The minimum atomic E-state index is -0.404. The van der Waals surface area contributed by atoms with Crippen molar-refractivity contribution in [1.82, 2.24) is 15.6 Å². The van der Waals surface area contributed by atoms with E-state index in [1.165, 1.54) is 23.1 Å². The molecule has 2 aromatic carbocycles. The van der Waals surface area contributed by atoms with Gasteiger partial charge in [-0.05, 0) is 30.5 Å². The molecule has 3 N–H and O–H groups in total. The van der Waals surface area contributed by atoms with Gasteiger partial charge in [0.2, 0.25) is 0 Å². The number of fused-ring (bicyclic) bond motifs is 1. The second kappa shape index (κ2) is 9.54. The first-order chi connectivity index (χ1) is 14.0. The Balaban J connectivity index is 1.62. The number of guanidine groups is 1. The van der Waals surface area contributed by atoms with Gasteiger partial charge in [-0.25, -0.2) is 4.99 Å². The Morgan fingerprint density at radius 3 is 2.66 bits per heavy atom. The van der Waals surface area contributed by atoms with Crippen molar-refractivity contribution in [2.75, 3.05) is 13.1 Å². The molecule has 0 amide bonds. The van der Waals surface area contributed by atoms with Crippen molar-refractivity contribution in [3.8, 4) is 0 Å². The summed E-state index contributed by atoms with van der Waals surface area (Å²) in [5, 5.41) is 18.6. The van der Waals surface area contributed by atoms with Crippen LogP contribution in [0.5, 0.6) is 0 Å². The van der Waals surface area contributed by atoms with Crippen molar-refractivity contribution >= 4 is 22.5 Å². The lowest BCUT2D eigenvalue weighted by molar-refractivity contribution is -0.384. The largest absolute Gasteiger partial charge is 0.361 e. The zero-order chi connectivity index (χ0) is 20.6. The molecule has 0 saturated heterocycles. The highest BCUT2D eigenvalue weighted by molar-refractivity contribution is 5.83. The molecular weight excluding hydrogens is 366 g/mol. The topological polar surface area (TPSA) is 95.3 Å². The number of para-hydroxylation sites is 1. The third kappa shape index (κ3) is 5.68. The van der Waals surface area contributed by atoms with Gasteiger partial charge in [-0.3, -0.25) is 10.1 Å². The maximum atomic E-state index is 10.8. The smallest absolute Gasteiger partial charge is 0.269 e. The predicted molar refractivity (Wildman–Crippen MR) is 117 cm³/mol. The van der Waals surface area contributed by atoms with Gasteiger partial charge in [-0.15, -0.1) is 0 Å². The molecule has 0 atom stereocenters. The Morgan fingerprint density at radius 2 is 1.93 bits per heavy atom. The summed E-state index contributed by atoms with van der Waals surface area (Å²) < 4.78 is 0. The molecule has 150 valence electrons. The molecule has 7 nitrogen and oxygen atoms in total. The number of hydrogen-bond donors (Lipinski definition) is 3. The standard InChI is InChI=1S/C22H25N5O2/c1-16(2)13-25-22(26-14-17-7-9-19(10-8-17)27(28)29)23-12-11-18-15-24-21-6-4-3-5-20(18)21/h3-10,15,24H,1,11-14H2,2H3,(H2,23,25,26). The molecule has 0 fully saturated rings. The normalized spacial score (nSPS) is 11.4. The molecular formula is C22H25N5O2. The van der Waals surface area contributed by atoms with Crippen molar-refractivity contribution in [2.24, 2.45) is 4.99 Å². The second-order valence-corrected chi connectivity index (χ2v) is 6.94. The molecule has 0 aliphatic heterocycles. The monoisotopic (exact) mass is 391 g/mol. The number of aromatic nitrogens is 1.